The van der Waals surface area contributed by atoms with Gasteiger partial charge in [0.2, 0.25) is 0 Å². The fraction of sp³-hybridized carbons (Fsp3) is 0.750. The van der Waals surface area contributed by atoms with E-state index in [-0.39, 0.29) is 11.7 Å². The fourth-order valence-corrected chi connectivity index (χ4v) is 4.13. The van der Waals surface area contributed by atoms with Crippen LogP contribution in [0, 0.1) is 12.8 Å². The second-order valence-corrected chi connectivity index (χ2v) is 8.27. The summed E-state index contributed by atoms with van der Waals surface area (Å²) in [6.07, 6.45) is 1.08. The Morgan fingerprint density at radius 1 is 1.29 bits per heavy atom. The number of hydrogen-bond donors (Lipinski definition) is 1. The highest BCUT2D eigenvalue weighted by Gasteiger charge is 2.48. The molecule has 3 fully saturated rings. The van der Waals surface area contributed by atoms with Crippen LogP contribution in [0.1, 0.15) is 31.4 Å². The number of carboxylic acid groups (broad SMARTS) is 1. The van der Waals surface area contributed by atoms with Crippen LogP contribution in [0.2, 0.25) is 0 Å². The molecule has 0 amide bonds. The summed E-state index contributed by atoms with van der Waals surface area (Å²) in [6, 6.07) is 2.38. The number of carboxylic acids is 1. The van der Waals surface area contributed by atoms with Gasteiger partial charge in [-0.1, -0.05) is 0 Å². The summed E-state index contributed by atoms with van der Waals surface area (Å²) in [7, 11) is 0. The number of ether oxygens (including phenoxy) is 3. The molecule has 4 heterocycles. The summed E-state index contributed by atoms with van der Waals surface area (Å²) >= 11 is 0. The van der Waals surface area contributed by atoms with Gasteiger partial charge in [-0.25, -0.2) is 14.8 Å². The summed E-state index contributed by atoms with van der Waals surface area (Å²) in [5.41, 5.74) is 0.922. The van der Waals surface area contributed by atoms with Gasteiger partial charge in [-0.3, -0.25) is 4.90 Å². The Morgan fingerprint density at radius 2 is 1.97 bits per heavy atom. The average Bonchev–Trinajstić information content (AvgIpc) is 2.68. The van der Waals surface area contributed by atoms with E-state index in [2.05, 4.69) is 14.9 Å². The van der Waals surface area contributed by atoms with Crippen molar-refractivity contribution in [3.05, 3.63) is 18.0 Å². The van der Waals surface area contributed by atoms with E-state index in [0.29, 0.717) is 6.01 Å². The first-order valence-electron chi connectivity index (χ1n) is 10.4. The number of nitrogens with zero attached hydrogens (tertiary/aromatic N) is 3. The molecule has 1 atom stereocenters. The predicted octanol–water partition coefficient (Wildman–Crippen LogP) is 2.46. The number of aryl methyl sites for hydroxylation is 1. The highest BCUT2D eigenvalue weighted by molar-refractivity contribution is 5.73. The summed E-state index contributed by atoms with van der Waals surface area (Å²) in [5, 5.41) is 7.12. The highest BCUT2D eigenvalue weighted by Crippen LogP contribution is 2.36. The van der Waals surface area contributed by atoms with Gasteiger partial charge in [-0.15, -0.1) is 0 Å². The minimum Gasteiger partial charge on any atom is -0.475 e. The molecule has 0 saturated carbocycles. The van der Waals surface area contributed by atoms with E-state index >= 15 is 0 Å². The van der Waals surface area contributed by atoms with Crippen LogP contribution in [-0.4, -0.2) is 83.3 Å². The zero-order valence-electron chi connectivity index (χ0n) is 17.4. The molecule has 3 aliphatic heterocycles. The summed E-state index contributed by atoms with van der Waals surface area (Å²) < 4.78 is 49.3. The fourth-order valence-electron chi connectivity index (χ4n) is 4.13. The van der Waals surface area contributed by atoms with E-state index in [1.54, 1.807) is 6.20 Å². The second kappa shape index (κ2) is 10.1. The van der Waals surface area contributed by atoms with Crippen molar-refractivity contribution in [2.24, 2.45) is 5.92 Å². The van der Waals surface area contributed by atoms with Gasteiger partial charge >= 0.3 is 18.2 Å². The second-order valence-electron chi connectivity index (χ2n) is 8.27. The smallest absolute Gasteiger partial charge is 0.475 e. The Labute approximate surface area is 178 Å². The van der Waals surface area contributed by atoms with Crippen molar-refractivity contribution in [3.63, 3.8) is 0 Å². The third-order valence-electron chi connectivity index (χ3n) is 5.62. The first-order valence-corrected chi connectivity index (χ1v) is 10.4. The third-order valence-corrected chi connectivity index (χ3v) is 5.62. The van der Waals surface area contributed by atoms with Crippen molar-refractivity contribution >= 4 is 5.97 Å². The maximum absolute atomic E-state index is 10.6. The molecule has 0 bridgehead atoms. The normalized spacial score (nSPS) is 24.1. The van der Waals surface area contributed by atoms with Crippen molar-refractivity contribution in [2.45, 2.75) is 50.5 Å². The van der Waals surface area contributed by atoms with E-state index in [0.717, 1.165) is 57.4 Å². The molecule has 3 saturated heterocycles. The van der Waals surface area contributed by atoms with Crippen LogP contribution in [0.15, 0.2) is 12.3 Å². The number of halogens is 3. The number of likely N-dealkylation sites (tertiary alicyclic amines) is 1. The van der Waals surface area contributed by atoms with Gasteiger partial charge in [0.15, 0.2) is 0 Å². The SMILES string of the molecule is Cc1ccnc(OC2CCOC3(C2)CN(CC2CCOCC2)C3)n1.O=C(O)C(F)(F)F. The molecule has 31 heavy (non-hydrogen) atoms. The van der Waals surface area contributed by atoms with Gasteiger partial charge in [0, 0.05) is 57.6 Å². The lowest BCUT2D eigenvalue weighted by molar-refractivity contribution is -0.192. The van der Waals surface area contributed by atoms with Crippen molar-refractivity contribution in [1.29, 1.82) is 0 Å². The molecule has 1 aromatic rings. The Bertz CT molecular complexity index is 737. The Balaban J connectivity index is 0.000000339. The van der Waals surface area contributed by atoms with Crippen molar-refractivity contribution in [3.8, 4) is 6.01 Å². The van der Waals surface area contributed by atoms with Crippen molar-refractivity contribution < 1.29 is 37.3 Å². The lowest BCUT2D eigenvalue weighted by Crippen LogP contribution is -2.66. The number of alkyl halides is 3. The van der Waals surface area contributed by atoms with Crippen LogP contribution in [0.25, 0.3) is 0 Å². The van der Waals surface area contributed by atoms with Crippen LogP contribution in [0.5, 0.6) is 6.01 Å². The molecular formula is C20H28F3N3O5. The maximum Gasteiger partial charge on any atom is 0.490 e. The van der Waals surface area contributed by atoms with Gasteiger partial charge in [0.05, 0.1) is 12.2 Å². The van der Waals surface area contributed by atoms with Crippen LogP contribution >= 0.6 is 0 Å². The third kappa shape index (κ3) is 7.01. The molecule has 174 valence electrons. The number of carbonyl (C=O) groups is 1. The van der Waals surface area contributed by atoms with Crippen LogP contribution in [0.3, 0.4) is 0 Å². The maximum atomic E-state index is 10.6. The number of rotatable bonds is 4. The van der Waals surface area contributed by atoms with E-state index in [9.17, 15) is 13.2 Å². The molecule has 8 nitrogen and oxygen atoms in total. The topological polar surface area (TPSA) is 94.0 Å². The summed E-state index contributed by atoms with van der Waals surface area (Å²) in [4.78, 5) is 20.0. The van der Waals surface area contributed by atoms with Gasteiger partial charge in [-0.2, -0.15) is 13.2 Å². The zero-order chi connectivity index (χ0) is 22.5. The van der Waals surface area contributed by atoms with Crippen LogP contribution in [0.4, 0.5) is 13.2 Å². The molecule has 0 aliphatic carbocycles. The minimum atomic E-state index is -5.08. The molecule has 11 heteroatoms. The molecule has 4 rings (SSSR count). The van der Waals surface area contributed by atoms with Gasteiger partial charge in [-0.05, 0) is 31.7 Å². The van der Waals surface area contributed by atoms with E-state index in [1.165, 1.54) is 19.4 Å². The standard InChI is InChI=1S/C18H27N3O3.C2HF3O2/c1-14-2-6-19-17(20-14)24-16-5-9-23-18(10-16)12-21(13-18)11-15-3-7-22-8-4-15;3-2(4,5)1(6)7/h2,6,15-16H,3-5,7-13H2,1H3;(H,6,7). The van der Waals surface area contributed by atoms with Gasteiger partial charge < -0.3 is 19.3 Å². The molecule has 3 aliphatic rings. The minimum absolute atomic E-state index is 0.0160. The summed E-state index contributed by atoms with van der Waals surface area (Å²) in [6.45, 7) is 7.81. The van der Waals surface area contributed by atoms with Crippen molar-refractivity contribution in [2.75, 3.05) is 39.5 Å². The molecular weight excluding hydrogens is 419 g/mol. The summed E-state index contributed by atoms with van der Waals surface area (Å²) in [5.74, 6) is -1.97. The van der Waals surface area contributed by atoms with E-state index < -0.39 is 12.1 Å². The zero-order valence-corrected chi connectivity index (χ0v) is 17.4. The lowest BCUT2D eigenvalue weighted by Gasteiger charge is -2.53. The first-order chi connectivity index (χ1) is 14.7. The molecule has 0 radical (unpaired) electrons. The quantitative estimate of drug-likeness (QED) is 0.753. The van der Waals surface area contributed by atoms with Gasteiger partial charge in [0.1, 0.15) is 6.10 Å². The largest absolute Gasteiger partial charge is 0.490 e. The van der Waals surface area contributed by atoms with E-state index in [4.69, 9.17) is 24.1 Å². The molecule has 1 N–H and O–H groups in total. The van der Waals surface area contributed by atoms with Gasteiger partial charge in [0.25, 0.3) is 0 Å². The Morgan fingerprint density at radius 3 is 2.58 bits per heavy atom. The van der Waals surface area contributed by atoms with Crippen molar-refractivity contribution in [1.82, 2.24) is 14.9 Å². The molecule has 1 unspecified atom stereocenters. The lowest BCUT2D eigenvalue weighted by atomic mass is 9.83. The molecule has 1 aromatic heterocycles. The first kappa shape index (κ1) is 23.7. The predicted molar refractivity (Wildman–Crippen MR) is 103 cm³/mol. The number of aliphatic carboxylic acids is 1. The van der Waals surface area contributed by atoms with Crippen LogP contribution in [-0.2, 0) is 14.3 Å². The Hall–Kier alpha value is -1.98. The number of aromatic nitrogens is 2. The molecule has 0 aromatic carbocycles. The monoisotopic (exact) mass is 447 g/mol. The van der Waals surface area contributed by atoms with Crippen LogP contribution < -0.4 is 4.74 Å². The van der Waals surface area contributed by atoms with E-state index in [1.807, 2.05) is 13.0 Å². The highest BCUT2D eigenvalue weighted by atomic mass is 19.4. The number of hydrogen-bond acceptors (Lipinski definition) is 7. The average molecular weight is 447 g/mol. The Kier molecular flexibility index (Phi) is 7.71. The molecule has 1 spiro atoms.